The van der Waals surface area contributed by atoms with Crippen molar-refractivity contribution in [3.63, 3.8) is 0 Å². The molecule has 0 aromatic heterocycles. The summed E-state index contributed by atoms with van der Waals surface area (Å²) in [6, 6.07) is 10.1. The van der Waals surface area contributed by atoms with Crippen LogP contribution in [0, 0.1) is 0 Å². The van der Waals surface area contributed by atoms with E-state index in [2.05, 4.69) is 12.1 Å². The van der Waals surface area contributed by atoms with E-state index in [0.717, 1.165) is 4.20 Å². The maximum Gasteiger partial charge on any atom is 0.0703 e. The van der Waals surface area contributed by atoms with Gasteiger partial charge in [0.25, 0.3) is 0 Å². The molecule has 0 N–H and O–H groups in total. The molecule has 0 aliphatic rings. The molecule has 0 radical (unpaired) electrons. The lowest BCUT2D eigenvalue weighted by Crippen LogP contribution is -1.76. The van der Waals surface area contributed by atoms with Crippen molar-refractivity contribution in [2.75, 3.05) is 6.26 Å². The fraction of sp³-hybridized carbons (Fsp3) is 0.100. The van der Waals surface area contributed by atoms with Crippen molar-refractivity contribution in [2.24, 2.45) is 0 Å². The average molecular weight is 194 g/mol. The molecule has 0 aliphatic carbocycles. The molecule has 0 spiro atoms. The van der Waals surface area contributed by atoms with Crippen LogP contribution in [0.2, 0.25) is 0 Å². The van der Waals surface area contributed by atoms with Gasteiger partial charge in [-0.05, 0) is 17.9 Å². The highest BCUT2D eigenvalue weighted by molar-refractivity contribution is 8.23. The Hall–Kier alpha value is -0.600. The zero-order valence-corrected chi connectivity index (χ0v) is 8.49. The molecule has 0 saturated carbocycles. The molecule has 1 aromatic carbocycles. The smallest absolute Gasteiger partial charge is 0.0703 e. The monoisotopic (exact) mass is 194 g/mol. The third-order valence-corrected chi connectivity index (χ3v) is 2.59. The standard InChI is InChI=1S/C10H10S2/c1-12-10(11)8-7-9-5-3-2-4-6-9/h2-8H,1H3/b8-7+. The average Bonchev–Trinajstić information content (AvgIpc) is 2.16. The second-order valence-corrected chi connectivity index (χ2v) is 3.81. The lowest BCUT2D eigenvalue weighted by molar-refractivity contribution is 1.66. The Kier molecular flexibility index (Phi) is 4.05. The lowest BCUT2D eigenvalue weighted by Gasteiger charge is -1.91. The van der Waals surface area contributed by atoms with E-state index < -0.39 is 0 Å². The first kappa shape index (κ1) is 9.49. The highest BCUT2D eigenvalue weighted by Gasteiger charge is 1.85. The van der Waals surface area contributed by atoms with Gasteiger partial charge in [-0.2, -0.15) is 0 Å². The van der Waals surface area contributed by atoms with Crippen molar-refractivity contribution in [1.29, 1.82) is 0 Å². The number of thioether (sulfide) groups is 1. The van der Waals surface area contributed by atoms with Crippen LogP contribution in [0.5, 0.6) is 0 Å². The van der Waals surface area contributed by atoms with E-state index in [9.17, 15) is 0 Å². The van der Waals surface area contributed by atoms with Crippen LogP contribution in [0.1, 0.15) is 5.56 Å². The molecule has 1 aromatic rings. The van der Waals surface area contributed by atoms with Gasteiger partial charge >= 0.3 is 0 Å². The van der Waals surface area contributed by atoms with Crippen molar-refractivity contribution in [3.8, 4) is 0 Å². The van der Waals surface area contributed by atoms with E-state index in [1.165, 1.54) is 5.56 Å². The Morgan fingerprint density at radius 3 is 2.58 bits per heavy atom. The second-order valence-electron chi connectivity index (χ2n) is 2.27. The molecule has 0 heterocycles. The minimum absolute atomic E-state index is 0.916. The maximum absolute atomic E-state index is 5.03. The number of benzene rings is 1. The minimum Gasteiger partial charge on any atom is -0.118 e. The van der Waals surface area contributed by atoms with E-state index in [1.807, 2.05) is 36.6 Å². The van der Waals surface area contributed by atoms with Crippen LogP contribution in [0.4, 0.5) is 0 Å². The van der Waals surface area contributed by atoms with Crippen LogP contribution in [0.25, 0.3) is 6.08 Å². The van der Waals surface area contributed by atoms with Gasteiger partial charge in [0.2, 0.25) is 0 Å². The molecule has 0 nitrogen and oxygen atoms in total. The molecule has 0 atom stereocenters. The van der Waals surface area contributed by atoms with Gasteiger partial charge in [-0.3, -0.25) is 0 Å². The molecule has 12 heavy (non-hydrogen) atoms. The van der Waals surface area contributed by atoms with Crippen molar-refractivity contribution >= 4 is 34.3 Å². The zero-order valence-electron chi connectivity index (χ0n) is 6.86. The van der Waals surface area contributed by atoms with E-state index in [0.29, 0.717) is 0 Å². The van der Waals surface area contributed by atoms with E-state index >= 15 is 0 Å². The summed E-state index contributed by atoms with van der Waals surface area (Å²) in [7, 11) is 0. The lowest BCUT2D eigenvalue weighted by atomic mass is 10.2. The van der Waals surface area contributed by atoms with E-state index in [1.54, 1.807) is 11.8 Å². The number of thiocarbonyl (C=S) groups is 1. The van der Waals surface area contributed by atoms with Gasteiger partial charge in [0.05, 0.1) is 4.20 Å². The molecule has 0 aliphatic heterocycles. The molecule has 0 unspecified atom stereocenters. The van der Waals surface area contributed by atoms with Crippen molar-refractivity contribution < 1.29 is 0 Å². The van der Waals surface area contributed by atoms with Gasteiger partial charge in [0.1, 0.15) is 0 Å². The number of rotatable bonds is 2. The fourth-order valence-electron chi connectivity index (χ4n) is 0.796. The van der Waals surface area contributed by atoms with Crippen LogP contribution in [0.15, 0.2) is 36.4 Å². The summed E-state index contributed by atoms with van der Waals surface area (Å²) in [4.78, 5) is 0. The first-order chi connectivity index (χ1) is 5.83. The summed E-state index contributed by atoms with van der Waals surface area (Å²) in [5.74, 6) is 0. The summed E-state index contributed by atoms with van der Waals surface area (Å²) in [6.45, 7) is 0. The van der Waals surface area contributed by atoms with E-state index in [4.69, 9.17) is 12.2 Å². The minimum atomic E-state index is 0.916. The summed E-state index contributed by atoms with van der Waals surface area (Å²) in [5, 5.41) is 0. The first-order valence-electron chi connectivity index (χ1n) is 3.64. The quantitative estimate of drug-likeness (QED) is 0.523. The van der Waals surface area contributed by atoms with Crippen LogP contribution in [-0.4, -0.2) is 10.5 Å². The Morgan fingerprint density at radius 1 is 1.33 bits per heavy atom. The van der Waals surface area contributed by atoms with Crippen molar-refractivity contribution in [2.45, 2.75) is 0 Å². The Bertz CT molecular complexity index is 275. The SMILES string of the molecule is CSC(=S)/C=C/c1ccccc1. The summed E-state index contributed by atoms with van der Waals surface area (Å²) in [6.07, 6.45) is 5.96. The molecule has 62 valence electrons. The van der Waals surface area contributed by atoms with Gasteiger partial charge in [0, 0.05) is 0 Å². The van der Waals surface area contributed by atoms with Crippen LogP contribution in [-0.2, 0) is 0 Å². The molecule has 0 bridgehead atoms. The topological polar surface area (TPSA) is 0 Å². The zero-order chi connectivity index (χ0) is 8.81. The third kappa shape index (κ3) is 3.20. The molecule has 2 heteroatoms. The highest BCUT2D eigenvalue weighted by atomic mass is 32.2. The Morgan fingerprint density at radius 2 is 2.00 bits per heavy atom. The Balaban J connectivity index is 2.64. The van der Waals surface area contributed by atoms with Crippen LogP contribution < -0.4 is 0 Å². The molecule has 0 amide bonds. The van der Waals surface area contributed by atoms with E-state index in [-0.39, 0.29) is 0 Å². The summed E-state index contributed by atoms with van der Waals surface area (Å²) < 4.78 is 0.916. The van der Waals surface area contributed by atoms with Crippen molar-refractivity contribution in [1.82, 2.24) is 0 Å². The fourth-order valence-corrected chi connectivity index (χ4v) is 1.07. The van der Waals surface area contributed by atoms with Gasteiger partial charge in [-0.15, -0.1) is 11.8 Å². The molecule has 0 fully saturated rings. The maximum atomic E-state index is 5.03. The highest BCUT2D eigenvalue weighted by Crippen LogP contribution is 2.05. The molecular weight excluding hydrogens is 184 g/mol. The third-order valence-electron chi connectivity index (χ3n) is 1.41. The van der Waals surface area contributed by atoms with Gasteiger partial charge in [0.15, 0.2) is 0 Å². The molecular formula is C10H10S2. The Labute approximate surface area is 82.7 Å². The van der Waals surface area contributed by atoms with Gasteiger partial charge < -0.3 is 0 Å². The van der Waals surface area contributed by atoms with Crippen LogP contribution in [0.3, 0.4) is 0 Å². The first-order valence-corrected chi connectivity index (χ1v) is 5.27. The normalized spacial score (nSPS) is 10.4. The largest absolute Gasteiger partial charge is 0.118 e. The second kappa shape index (κ2) is 5.12. The molecule has 1 rings (SSSR count). The van der Waals surface area contributed by atoms with Gasteiger partial charge in [-0.1, -0.05) is 48.6 Å². The summed E-state index contributed by atoms with van der Waals surface area (Å²) >= 11 is 6.62. The van der Waals surface area contributed by atoms with Crippen LogP contribution >= 0.6 is 24.0 Å². The number of hydrogen-bond donors (Lipinski definition) is 0. The number of hydrogen-bond acceptors (Lipinski definition) is 2. The summed E-state index contributed by atoms with van der Waals surface area (Å²) in [5.41, 5.74) is 1.19. The predicted molar refractivity (Wildman–Crippen MR) is 61.6 cm³/mol. The van der Waals surface area contributed by atoms with Crippen molar-refractivity contribution in [3.05, 3.63) is 42.0 Å². The molecule has 0 saturated heterocycles. The van der Waals surface area contributed by atoms with Gasteiger partial charge in [-0.25, -0.2) is 0 Å². The predicted octanol–water partition coefficient (Wildman–Crippen LogP) is 3.39.